The second kappa shape index (κ2) is 7.85. The van der Waals surface area contributed by atoms with Crippen LogP contribution in [0.4, 0.5) is 0 Å². The van der Waals surface area contributed by atoms with E-state index < -0.39 is 0 Å². The molecule has 4 rings (SSSR count). The molecule has 0 saturated carbocycles. The lowest BCUT2D eigenvalue weighted by atomic mass is 10.1. The van der Waals surface area contributed by atoms with Gasteiger partial charge in [0.1, 0.15) is 19.3 Å². The van der Waals surface area contributed by atoms with E-state index in [9.17, 15) is 4.79 Å². The first-order valence-electron chi connectivity index (χ1n) is 8.97. The molecule has 0 radical (unpaired) electrons. The average Bonchev–Trinajstić information content (AvgIpc) is 3.06. The van der Waals surface area contributed by atoms with Crippen LogP contribution in [0.3, 0.4) is 0 Å². The van der Waals surface area contributed by atoms with Gasteiger partial charge in [0, 0.05) is 5.56 Å². The van der Waals surface area contributed by atoms with E-state index in [4.69, 9.17) is 21.7 Å². The zero-order valence-electron chi connectivity index (χ0n) is 15.3. The number of aromatic nitrogens is 3. The molecule has 0 saturated heterocycles. The van der Waals surface area contributed by atoms with Gasteiger partial charge in [0.25, 0.3) is 0 Å². The van der Waals surface area contributed by atoms with Crippen molar-refractivity contribution in [2.24, 2.45) is 0 Å². The summed E-state index contributed by atoms with van der Waals surface area (Å²) >= 11 is 5.30. The summed E-state index contributed by atoms with van der Waals surface area (Å²) in [6, 6.07) is 15.4. The number of rotatable bonds is 5. The van der Waals surface area contributed by atoms with Gasteiger partial charge in [-0.3, -0.25) is 14.5 Å². The standard InChI is InChI=1S/C20H20N4O3S/c1-13-5-4-6-14(9-13)19-22-23-20(28)24(19)11-18(25)21-10-15-12-26-16-7-2-3-8-17(16)27-15/h2-9,15H,10-12H2,1H3,(H,21,25)(H,23,28). The predicted octanol–water partition coefficient (Wildman–Crippen LogP) is 2.87. The van der Waals surface area contributed by atoms with Gasteiger partial charge < -0.3 is 14.8 Å². The molecule has 1 unspecified atom stereocenters. The summed E-state index contributed by atoms with van der Waals surface area (Å²) in [4.78, 5) is 12.5. The number of ether oxygens (including phenoxy) is 2. The summed E-state index contributed by atoms with van der Waals surface area (Å²) in [7, 11) is 0. The number of carbonyl (C=O) groups excluding carboxylic acids is 1. The fraction of sp³-hybridized carbons (Fsp3) is 0.250. The molecule has 28 heavy (non-hydrogen) atoms. The van der Waals surface area contributed by atoms with Crippen LogP contribution in [0, 0.1) is 11.7 Å². The molecule has 0 fully saturated rings. The summed E-state index contributed by atoms with van der Waals surface area (Å²) in [5.74, 6) is 1.87. The quantitative estimate of drug-likeness (QED) is 0.648. The Morgan fingerprint density at radius 1 is 1.29 bits per heavy atom. The first kappa shape index (κ1) is 18.2. The van der Waals surface area contributed by atoms with Crippen molar-refractivity contribution in [3.63, 3.8) is 0 Å². The second-order valence-corrected chi connectivity index (χ2v) is 7.00. The maximum Gasteiger partial charge on any atom is 0.240 e. The maximum atomic E-state index is 12.5. The minimum atomic E-state index is -0.243. The summed E-state index contributed by atoms with van der Waals surface area (Å²) in [5.41, 5.74) is 2.01. The number of carbonyl (C=O) groups is 1. The molecule has 1 aromatic heterocycles. The van der Waals surface area contributed by atoms with Gasteiger partial charge in [0.15, 0.2) is 22.1 Å². The Labute approximate surface area is 167 Å². The van der Waals surface area contributed by atoms with E-state index in [0.29, 0.717) is 29.5 Å². The van der Waals surface area contributed by atoms with Gasteiger partial charge in [0.05, 0.1) is 6.54 Å². The van der Waals surface area contributed by atoms with Crippen LogP contribution in [0.15, 0.2) is 48.5 Å². The van der Waals surface area contributed by atoms with Crippen molar-refractivity contribution in [1.82, 2.24) is 20.1 Å². The molecule has 3 aromatic rings. The molecule has 1 aliphatic heterocycles. The van der Waals surface area contributed by atoms with E-state index in [2.05, 4.69) is 15.5 Å². The van der Waals surface area contributed by atoms with Crippen LogP contribution in [-0.4, -0.2) is 39.9 Å². The number of aromatic amines is 1. The summed E-state index contributed by atoms with van der Waals surface area (Å²) in [6.45, 7) is 2.81. The third-order valence-electron chi connectivity index (χ3n) is 4.43. The van der Waals surface area contributed by atoms with Gasteiger partial charge in [-0.2, -0.15) is 5.10 Å². The van der Waals surface area contributed by atoms with E-state index in [1.54, 1.807) is 4.57 Å². The molecule has 7 nitrogen and oxygen atoms in total. The first-order valence-corrected chi connectivity index (χ1v) is 9.38. The smallest absolute Gasteiger partial charge is 0.240 e. The van der Waals surface area contributed by atoms with Crippen molar-refractivity contribution in [3.8, 4) is 22.9 Å². The Bertz CT molecular complexity index is 1060. The summed E-state index contributed by atoms with van der Waals surface area (Å²) in [5, 5.41) is 9.93. The number of H-pyrrole nitrogens is 1. The summed E-state index contributed by atoms with van der Waals surface area (Å²) < 4.78 is 13.6. The minimum Gasteiger partial charge on any atom is -0.486 e. The average molecular weight is 396 g/mol. The SMILES string of the molecule is Cc1cccc(-c2n[nH]c(=S)n2CC(=O)NCC2COc3ccccc3O2)c1. The monoisotopic (exact) mass is 396 g/mol. The minimum absolute atomic E-state index is 0.0722. The van der Waals surface area contributed by atoms with Crippen molar-refractivity contribution in [3.05, 3.63) is 58.9 Å². The predicted molar refractivity (Wildman–Crippen MR) is 107 cm³/mol. The third-order valence-corrected chi connectivity index (χ3v) is 4.74. The van der Waals surface area contributed by atoms with Crippen molar-refractivity contribution in [2.45, 2.75) is 19.6 Å². The number of fused-ring (bicyclic) bond motifs is 1. The highest BCUT2D eigenvalue weighted by molar-refractivity contribution is 7.71. The third kappa shape index (κ3) is 3.91. The molecule has 0 spiro atoms. The lowest BCUT2D eigenvalue weighted by Crippen LogP contribution is -2.41. The number of nitrogens with zero attached hydrogens (tertiary/aromatic N) is 2. The van der Waals surface area contributed by atoms with Crippen LogP contribution in [0.2, 0.25) is 0 Å². The largest absolute Gasteiger partial charge is 0.486 e. The molecule has 2 heterocycles. The molecule has 0 bridgehead atoms. The van der Waals surface area contributed by atoms with Crippen molar-refractivity contribution < 1.29 is 14.3 Å². The molecule has 2 N–H and O–H groups in total. The van der Waals surface area contributed by atoms with E-state index in [1.165, 1.54) is 0 Å². The Morgan fingerprint density at radius 3 is 2.93 bits per heavy atom. The molecular formula is C20H20N4O3S. The van der Waals surface area contributed by atoms with E-state index in [0.717, 1.165) is 16.9 Å². The number of hydrogen-bond acceptors (Lipinski definition) is 5. The number of hydrogen-bond donors (Lipinski definition) is 2. The van der Waals surface area contributed by atoms with Gasteiger partial charge in [-0.1, -0.05) is 35.9 Å². The maximum absolute atomic E-state index is 12.5. The number of aryl methyl sites for hydroxylation is 1. The Hall–Kier alpha value is -3.13. The van der Waals surface area contributed by atoms with Gasteiger partial charge in [-0.05, 0) is 37.3 Å². The highest BCUT2D eigenvalue weighted by atomic mass is 32.1. The molecule has 1 atom stereocenters. The van der Waals surface area contributed by atoms with E-state index in [1.807, 2.05) is 55.5 Å². The molecule has 8 heteroatoms. The van der Waals surface area contributed by atoms with Crippen molar-refractivity contribution in [1.29, 1.82) is 0 Å². The summed E-state index contributed by atoms with van der Waals surface area (Å²) in [6.07, 6.45) is -0.243. The molecular weight excluding hydrogens is 376 g/mol. The van der Waals surface area contributed by atoms with Crippen LogP contribution in [0.5, 0.6) is 11.5 Å². The Kier molecular flexibility index (Phi) is 5.12. The van der Waals surface area contributed by atoms with Gasteiger partial charge >= 0.3 is 0 Å². The Morgan fingerprint density at radius 2 is 2.11 bits per heavy atom. The number of para-hydroxylation sites is 2. The van der Waals surface area contributed by atoms with Crippen LogP contribution in [-0.2, 0) is 11.3 Å². The second-order valence-electron chi connectivity index (χ2n) is 6.61. The zero-order valence-corrected chi connectivity index (χ0v) is 16.2. The number of benzene rings is 2. The number of amides is 1. The van der Waals surface area contributed by atoms with Gasteiger partial charge in [0.2, 0.25) is 5.91 Å². The highest BCUT2D eigenvalue weighted by Crippen LogP contribution is 2.30. The van der Waals surface area contributed by atoms with Crippen LogP contribution in [0.1, 0.15) is 5.56 Å². The first-order chi connectivity index (χ1) is 13.6. The topological polar surface area (TPSA) is 81.2 Å². The van der Waals surface area contributed by atoms with Crippen LogP contribution < -0.4 is 14.8 Å². The number of nitrogens with one attached hydrogen (secondary N) is 2. The van der Waals surface area contributed by atoms with Crippen LogP contribution in [0.25, 0.3) is 11.4 Å². The molecule has 1 aliphatic rings. The molecule has 144 valence electrons. The normalized spacial score (nSPS) is 15.2. The molecule has 0 aliphatic carbocycles. The van der Waals surface area contributed by atoms with Crippen LogP contribution >= 0.6 is 12.2 Å². The fourth-order valence-electron chi connectivity index (χ4n) is 3.06. The van der Waals surface area contributed by atoms with E-state index in [-0.39, 0.29) is 18.6 Å². The lowest BCUT2D eigenvalue weighted by molar-refractivity contribution is -0.122. The zero-order chi connectivity index (χ0) is 19.5. The van der Waals surface area contributed by atoms with Crippen molar-refractivity contribution >= 4 is 18.1 Å². The Balaban J connectivity index is 1.40. The molecule has 2 aromatic carbocycles. The fourth-order valence-corrected chi connectivity index (χ4v) is 3.26. The van der Waals surface area contributed by atoms with Crippen molar-refractivity contribution in [2.75, 3.05) is 13.2 Å². The highest BCUT2D eigenvalue weighted by Gasteiger charge is 2.21. The lowest BCUT2D eigenvalue weighted by Gasteiger charge is -2.26. The van der Waals surface area contributed by atoms with Gasteiger partial charge in [-0.25, -0.2) is 0 Å². The van der Waals surface area contributed by atoms with Gasteiger partial charge in [-0.15, -0.1) is 0 Å². The molecule has 1 amide bonds. The van der Waals surface area contributed by atoms with E-state index >= 15 is 0 Å².